The van der Waals surface area contributed by atoms with Crippen molar-refractivity contribution in [1.29, 1.82) is 0 Å². The van der Waals surface area contributed by atoms with Crippen LogP contribution in [0.25, 0.3) is 0 Å². The molecule has 0 aliphatic rings. The summed E-state index contributed by atoms with van der Waals surface area (Å²) in [4.78, 5) is 22.0. The first kappa shape index (κ1) is 11.9. The number of halogens is 1. The van der Waals surface area contributed by atoms with Crippen LogP contribution < -0.4 is 0 Å². The van der Waals surface area contributed by atoms with Crippen LogP contribution in [0.3, 0.4) is 0 Å². The van der Waals surface area contributed by atoms with Crippen molar-refractivity contribution in [3.63, 3.8) is 0 Å². The van der Waals surface area contributed by atoms with E-state index in [1.165, 1.54) is 0 Å². The molecule has 0 fully saturated rings. The Kier molecular flexibility index (Phi) is 4.03. The molecule has 4 heteroatoms. The monoisotopic (exact) mass is 270 g/mol. The molecule has 1 rings (SSSR count). The molecule has 0 aromatic heterocycles. The lowest BCUT2D eigenvalue weighted by atomic mass is 10.0. The van der Waals surface area contributed by atoms with E-state index in [1.807, 2.05) is 0 Å². The van der Waals surface area contributed by atoms with Crippen LogP contribution in [0, 0.1) is 6.92 Å². The predicted molar refractivity (Wildman–Crippen MR) is 60.6 cm³/mol. The van der Waals surface area contributed by atoms with E-state index >= 15 is 0 Å². The van der Waals surface area contributed by atoms with E-state index in [2.05, 4.69) is 15.9 Å². The van der Waals surface area contributed by atoms with Gasteiger partial charge in [-0.15, -0.1) is 0 Å². The molecule has 0 heterocycles. The number of carbonyl (C=O) groups is 2. The van der Waals surface area contributed by atoms with Crippen LogP contribution in [0.2, 0.25) is 0 Å². The van der Waals surface area contributed by atoms with Gasteiger partial charge in [-0.1, -0.05) is 28.1 Å². The summed E-state index contributed by atoms with van der Waals surface area (Å²) in [5, 5.41) is 9.18. The highest BCUT2D eigenvalue weighted by atomic mass is 79.9. The zero-order chi connectivity index (χ0) is 11.4. The number of aryl methyl sites for hydroxylation is 1. The molecule has 1 N–H and O–H groups in total. The smallest absolute Gasteiger partial charge is 0.335 e. The Bertz CT molecular complexity index is 399. The van der Waals surface area contributed by atoms with Crippen molar-refractivity contribution >= 4 is 27.7 Å². The average Bonchev–Trinajstić information content (AvgIpc) is 2.20. The summed E-state index contributed by atoms with van der Waals surface area (Å²) in [7, 11) is 0. The van der Waals surface area contributed by atoms with Gasteiger partial charge in [0, 0.05) is 6.42 Å². The van der Waals surface area contributed by atoms with E-state index in [0.29, 0.717) is 10.9 Å². The molecule has 0 saturated heterocycles. The number of carbonyl (C=O) groups excluding carboxylic acids is 1. The Morgan fingerprint density at radius 3 is 2.60 bits per heavy atom. The molecule has 0 aliphatic heterocycles. The maximum absolute atomic E-state index is 11.2. The van der Waals surface area contributed by atoms with Crippen molar-refractivity contribution in [2.45, 2.75) is 13.3 Å². The Labute approximate surface area is 96.2 Å². The molecule has 0 atom stereocenters. The van der Waals surface area contributed by atoms with Gasteiger partial charge in [0.2, 0.25) is 0 Å². The maximum atomic E-state index is 11.2. The number of alkyl halides is 1. The first-order chi connectivity index (χ1) is 7.04. The summed E-state index contributed by atoms with van der Waals surface area (Å²) in [5.41, 5.74) is 1.70. The molecule has 3 nitrogen and oxygen atoms in total. The van der Waals surface area contributed by atoms with Gasteiger partial charge in [0.05, 0.1) is 10.9 Å². The molecule has 1 aromatic rings. The van der Waals surface area contributed by atoms with E-state index in [0.717, 1.165) is 5.56 Å². The van der Waals surface area contributed by atoms with Crippen LogP contribution in [0.5, 0.6) is 0 Å². The fraction of sp³-hybridized carbons (Fsp3) is 0.273. The number of carboxylic acid groups (broad SMARTS) is 1. The van der Waals surface area contributed by atoms with Crippen LogP contribution in [0.15, 0.2) is 18.2 Å². The van der Waals surface area contributed by atoms with Crippen LogP contribution in [0.1, 0.15) is 21.5 Å². The summed E-state index contributed by atoms with van der Waals surface area (Å²) in [6, 6.07) is 5.06. The highest BCUT2D eigenvalue weighted by Gasteiger charge is 2.09. The largest absolute Gasteiger partial charge is 0.478 e. The minimum atomic E-state index is -0.958. The molecule has 1 aromatic carbocycles. The lowest BCUT2D eigenvalue weighted by molar-refractivity contribution is -0.115. The third-order valence-electron chi connectivity index (χ3n) is 2.08. The molecular weight excluding hydrogens is 260 g/mol. The highest BCUT2D eigenvalue weighted by molar-refractivity contribution is 9.09. The number of carboxylic acids is 1. The fourth-order valence-corrected chi connectivity index (χ4v) is 1.48. The summed E-state index contributed by atoms with van der Waals surface area (Å²) in [5.74, 6) is -0.921. The number of hydrogen-bond acceptors (Lipinski definition) is 2. The normalized spacial score (nSPS) is 10.0. The van der Waals surface area contributed by atoms with Crippen LogP contribution in [-0.2, 0) is 11.2 Å². The maximum Gasteiger partial charge on any atom is 0.335 e. The van der Waals surface area contributed by atoms with Crippen LogP contribution in [0.4, 0.5) is 0 Å². The summed E-state index contributed by atoms with van der Waals surface area (Å²) >= 11 is 3.07. The summed E-state index contributed by atoms with van der Waals surface area (Å²) < 4.78 is 0. The van der Waals surface area contributed by atoms with Crippen molar-refractivity contribution in [3.8, 4) is 0 Å². The van der Waals surface area contributed by atoms with E-state index in [1.54, 1.807) is 25.1 Å². The number of ketones is 1. The van der Waals surface area contributed by atoms with Crippen LogP contribution in [-0.4, -0.2) is 22.2 Å². The molecular formula is C11H11BrO3. The van der Waals surface area contributed by atoms with E-state index in [4.69, 9.17) is 5.11 Å². The summed E-state index contributed by atoms with van der Waals surface area (Å²) in [6.07, 6.45) is 0.270. The van der Waals surface area contributed by atoms with Gasteiger partial charge in [0.25, 0.3) is 0 Å². The lowest BCUT2D eigenvalue weighted by Crippen LogP contribution is -2.06. The van der Waals surface area contributed by atoms with Gasteiger partial charge < -0.3 is 5.11 Å². The Hall–Kier alpha value is -1.16. The second-order valence-electron chi connectivity index (χ2n) is 3.30. The van der Waals surface area contributed by atoms with Crippen molar-refractivity contribution in [1.82, 2.24) is 0 Å². The molecule has 0 radical (unpaired) electrons. The first-order valence-electron chi connectivity index (χ1n) is 4.45. The van der Waals surface area contributed by atoms with E-state index in [9.17, 15) is 9.59 Å². The van der Waals surface area contributed by atoms with Crippen molar-refractivity contribution in [3.05, 3.63) is 34.9 Å². The molecule has 0 spiro atoms. The standard InChI is InChI=1S/C11H11BrO3/c1-7-2-3-8(4-9(13)6-12)5-10(7)11(14)15/h2-3,5H,4,6H2,1H3,(H,14,15). The zero-order valence-corrected chi connectivity index (χ0v) is 9.87. The van der Waals surface area contributed by atoms with Crippen molar-refractivity contribution in [2.24, 2.45) is 0 Å². The second kappa shape index (κ2) is 5.07. The van der Waals surface area contributed by atoms with Gasteiger partial charge in [-0.25, -0.2) is 4.79 Å². The Morgan fingerprint density at radius 1 is 1.40 bits per heavy atom. The van der Waals surface area contributed by atoms with Crippen molar-refractivity contribution in [2.75, 3.05) is 5.33 Å². The predicted octanol–water partition coefficient (Wildman–Crippen LogP) is 2.20. The number of benzene rings is 1. The highest BCUT2D eigenvalue weighted by Crippen LogP contribution is 2.12. The second-order valence-corrected chi connectivity index (χ2v) is 3.86. The van der Waals surface area contributed by atoms with Gasteiger partial charge in [-0.3, -0.25) is 4.79 Å². The van der Waals surface area contributed by atoms with Gasteiger partial charge in [-0.2, -0.15) is 0 Å². The zero-order valence-electron chi connectivity index (χ0n) is 8.29. The molecule has 0 bridgehead atoms. The molecule has 15 heavy (non-hydrogen) atoms. The van der Waals surface area contributed by atoms with Gasteiger partial charge in [-0.05, 0) is 24.1 Å². The topological polar surface area (TPSA) is 54.4 Å². The first-order valence-corrected chi connectivity index (χ1v) is 5.57. The average molecular weight is 271 g/mol. The number of Topliss-reactive ketones (excluding diaryl/α,β-unsaturated/α-hetero) is 1. The third-order valence-corrected chi connectivity index (χ3v) is 2.71. The lowest BCUT2D eigenvalue weighted by Gasteiger charge is -2.04. The van der Waals surface area contributed by atoms with Gasteiger partial charge >= 0.3 is 5.97 Å². The van der Waals surface area contributed by atoms with Crippen LogP contribution >= 0.6 is 15.9 Å². The number of hydrogen-bond donors (Lipinski definition) is 1. The Morgan fingerprint density at radius 2 is 2.07 bits per heavy atom. The third kappa shape index (κ3) is 3.16. The van der Waals surface area contributed by atoms with Gasteiger partial charge in [0.1, 0.15) is 5.78 Å². The quantitative estimate of drug-likeness (QED) is 0.854. The number of rotatable bonds is 4. The Balaban J connectivity index is 2.97. The summed E-state index contributed by atoms with van der Waals surface area (Å²) in [6.45, 7) is 1.74. The minimum Gasteiger partial charge on any atom is -0.478 e. The van der Waals surface area contributed by atoms with E-state index < -0.39 is 5.97 Å². The molecule has 0 amide bonds. The fourth-order valence-electron chi connectivity index (χ4n) is 1.28. The van der Waals surface area contributed by atoms with Crippen molar-refractivity contribution < 1.29 is 14.7 Å². The molecule has 0 saturated carbocycles. The van der Waals surface area contributed by atoms with E-state index in [-0.39, 0.29) is 17.8 Å². The molecule has 80 valence electrons. The van der Waals surface area contributed by atoms with Gasteiger partial charge in [0.15, 0.2) is 0 Å². The molecule has 0 aliphatic carbocycles. The molecule has 0 unspecified atom stereocenters. The SMILES string of the molecule is Cc1ccc(CC(=O)CBr)cc1C(=O)O. The number of aromatic carboxylic acids is 1. The minimum absolute atomic E-state index is 0.0372.